The van der Waals surface area contributed by atoms with E-state index < -0.39 is 9.84 Å². The minimum atomic E-state index is -3.02. The van der Waals surface area contributed by atoms with Crippen LogP contribution in [0.1, 0.15) is 25.5 Å². The molecule has 1 aliphatic heterocycles. The van der Waals surface area contributed by atoms with Crippen LogP contribution < -0.4 is 0 Å². The van der Waals surface area contributed by atoms with Gasteiger partial charge in [-0.25, -0.2) is 17.8 Å². The summed E-state index contributed by atoms with van der Waals surface area (Å²) < 4.78 is 37.1. The SMILES string of the molecule is CCN(C(=O)CCc1csc(-c2ccccc2F)n1)C1CCS(=O)(=O)C1. The van der Waals surface area contributed by atoms with Crippen molar-refractivity contribution >= 4 is 27.1 Å². The van der Waals surface area contributed by atoms with Crippen LogP contribution in [0.2, 0.25) is 0 Å². The fourth-order valence-corrected chi connectivity index (χ4v) is 5.83. The highest BCUT2D eigenvalue weighted by molar-refractivity contribution is 7.91. The van der Waals surface area contributed by atoms with Crippen LogP contribution >= 0.6 is 11.3 Å². The Morgan fingerprint density at radius 3 is 2.81 bits per heavy atom. The number of hydrogen-bond acceptors (Lipinski definition) is 5. The maximum absolute atomic E-state index is 13.8. The molecule has 26 heavy (non-hydrogen) atoms. The first-order chi connectivity index (χ1) is 12.4. The monoisotopic (exact) mass is 396 g/mol. The fraction of sp³-hybridized carbons (Fsp3) is 0.444. The van der Waals surface area contributed by atoms with Crippen LogP contribution in [-0.2, 0) is 21.1 Å². The molecule has 1 fully saturated rings. The van der Waals surface area contributed by atoms with Gasteiger partial charge in [-0.05, 0) is 31.9 Å². The zero-order valence-corrected chi connectivity index (χ0v) is 16.2. The number of hydrogen-bond donors (Lipinski definition) is 0. The molecule has 2 heterocycles. The van der Waals surface area contributed by atoms with Crippen molar-refractivity contribution in [2.75, 3.05) is 18.1 Å². The zero-order chi connectivity index (χ0) is 18.7. The molecule has 1 aromatic carbocycles. The topological polar surface area (TPSA) is 67.3 Å². The summed E-state index contributed by atoms with van der Waals surface area (Å²) in [5.74, 6) is -0.167. The zero-order valence-electron chi connectivity index (χ0n) is 14.5. The van der Waals surface area contributed by atoms with E-state index in [0.717, 1.165) is 5.69 Å². The summed E-state index contributed by atoms with van der Waals surface area (Å²) in [5, 5.41) is 2.44. The first kappa shape index (κ1) is 19.0. The van der Waals surface area contributed by atoms with E-state index in [1.807, 2.05) is 12.3 Å². The first-order valence-electron chi connectivity index (χ1n) is 8.59. The molecule has 8 heteroatoms. The van der Waals surface area contributed by atoms with E-state index in [1.165, 1.54) is 17.4 Å². The first-order valence-corrected chi connectivity index (χ1v) is 11.3. The summed E-state index contributed by atoms with van der Waals surface area (Å²) in [6, 6.07) is 6.26. The van der Waals surface area contributed by atoms with E-state index in [0.29, 0.717) is 30.0 Å². The number of benzene rings is 1. The van der Waals surface area contributed by atoms with Crippen LogP contribution in [0.4, 0.5) is 4.39 Å². The summed E-state index contributed by atoms with van der Waals surface area (Å²) >= 11 is 1.35. The summed E-state index contributed by atoms with van der Waals surface area (Å²) in [4.78, 5) is 18.6. The number of carbonyl (C=O) groups is 1. The number of sulfone groups is 1. The van der Waals surface area contributed by atoms with Crippen molar-refractivity contribution < 1.29 is 17.6 Å². The van der Waals surface area contributed by atoms with E-state index >= 15 is 0 Å². The van der Waals surface area contributed by atoms with Gasteiger partial charge in [-0.1, -0.05) is 12.1 Å². The van der Waals surface area contributed by atoms with Crippen molar-refractivity contribution in [1.29, 1.82) is 0 Å². The summed E-state index contributed by atoms with van der Waals surface area (Å²) in [5.41, 5.74) is 1.21. The number of amides is 1. The molecule has 1 atom stereocenters. The van der Waals surface area contributed by atoms with E-state index in [9.17, 15) is 17.6 Å². The third-order valence-corrected chi connectivity index (χ3v) is 7.24. The molecule has 140 valence electrons. The van der Waals surface area contributed by atoms with Gasteiger partial charge in [0.2, 0.25) is 5.91 Å². The second kappa shape index (κ2) is 7.84. The molecule has 5 nitrogen and oxygen atoms in total. The normalized spacial score (nSPS) is 18.8. The van der Waals surface area contributed by atoms with E-state index in [4.69, 9.17) is 0 Å². The van der Waals surface area contributed by atoms with Crippen molar-refractivity contribution in [3.63, 3.8) is 0 Å². The molecule has 2 aromatic rings. The molecular formula is C18H21FN2O3S2. The van der Waals surface area contributed by atoms with E-state index in [2.05, 4.69) is 4.98 Å². The number of thiazole rings is 1. The van der Waals surface area contributed by atoms with Crippen LogP contribution in [-0.4, -0.2) is 48.3 Å². The number of halogens is 1. The predicted molar refractivity (Wildman–Crippen MR) is 100 cm³/mol. The Labute approximate surface area is 156 Å². The highest BCUT2D eigenvalue weighted by Gasteiger charge is 2.33. The molecule has 1 aliphatic rings. The lowest BCUT2D eigenvalue weighted by Crippen LogP contribution is -2.41. The van der Waals surface area contributed by atoms with Crippen LogP contribution in [0, 0.1) is 5.82 Å². The van der Waals surface area contributed by atoms with Crippen LogP contribution in [0.3, 0.4) is 0 Å². The maximum Gasteiger partial charge on any atom is 0.223 e. The van der Waals surface area contributed by atoms with Crippen molar-refractivity contribution in [1.82, 2.24) is 9.88 Å². The third-order valence-electron chi connectivity index (χ3n) is 4.56. The summed E-state index contributed by atoms with van der Waals surface area (Å²) in [7, 11) is -3.02. The predicted octanol–water partition coefficient (Wildman–Crippen LogP) is 2.92. The van der Waals surface area contributed by atoms with Gasteiger partial charge in [-0.15, -0.1) is 11.3 Å². The molecule has 0 radical (unpaired) electrons. The van der Waals surface area contributed by atoms with Gasteiger partial charge in [0.15, 0.2) is 9.84 Å². The standard InChI is InChI=1S/C18H21FN2O3S2/c1-2-21(14-9-10-26(23,24)12-14)17(22)8-7-13-11-25-18(20-13)15-5-3-4-6-16(15)19/h3-6,11,14H,2,7-10,12H2,1H3. The molecule has 1 aromatic heterocycles. The van der Waals surface area contributed by atoms with E-state index in [-0.39, 0.29) is 35.7 Å². The molecule has 1 saturated heterocycles. The molecule has 0 bridgehead atoms. The van der Waals surface area contributed by atoms with Gasteiger partial charge < -0.3 is 4.90 Å². The van der Waals surface area contributed by atoms with Crippen molar-refractivity contribution in [3.8, 4) is 10.6 Å². The smallest absolute Gasteiger partial charge is 0.223 e. The second-order valence-corrected chi connectivity index (χ2v) is 9.45. The van der Waals surface area contributed by atoms with Crippen molar-refractivity contribution in [3.05, 3.63) is 41.2 Å². The second-order valence-electron chi connectivity index (χ2n) is 6.36. The Bertz CT molecular complexity index is 895. The van der Waals surface area contributed by atoms with Gasteiger partial charge in [0, 0.05) is 30.0 Å². The average molecular weight is 397 g/mol. The number of nitrogens with zero attached hydrogens (tertiary/aromatic N) is 2. The Hall–Kier alpha value is -1.80. The molecule has 0 spiro atoms. The Morgan fingerprint density at radius 1 is 1.38 bits per heavy atom. The highest BCUT2D eigenvalue weighted by Crippen LogP contribution is 2.26. The molecule has 0 N–H and O–H groups in total. The van der Waals surface area contributed by atoms with Gasteiger partial charge >= 0.3 is 0 Å². The quantitative estimate of drug-likeness (QED) is 0.753. The molecule has 1 unspecified atom stereocenters. The third kappa shape index (κ3) is 4.29. The Kier molecular flexibility index (Phi) is 5.72. The lowest BCUT2D eigenvalue weighted by Gasteiger charge is -2.26. The number of aromatic nitrogens is 1. The number of aryl methyl sites for hydroxylation is 1. The fourth-order valence-electron chi connectivity index (χ4n) is 3.22. The minimum Gasteiger partial charge on any atom is -0.339 e. The lowest BCUT2D eigenvalue weighted by molar-refractivity contribution is -0.132. The number of carbonyl (C=O) groups excluding carboxylic acids is 1. The van der Waals surface area contributed by atoms with E-state index in [1.54, 1.807) is 23.1 Å². The molecule has 3 rings (SSSR count). The minimum absolute atomic E-state index is 0.0563. The average Bonchev–Trinajstić information content (AvgIpc) is 3.21. The van der Waals surface area contributed by atoms with Crippen LogP contribution in [0.15, 0.2) is 29.6 Å². The van der Waals surface area contributed by atoms with Gasteiger partial charge in [0.05, 0.1) is 17.2 Å². The van der Waals surface area contributed by atoms with Gasteiger partial charge in [0.25, 0.3) is 0 Å². The van der Waals surface area contributed by atoms with Gasteiger partial charge in [0.1, 0.15) is 10.8 Å². The van der Waals surface area contributed by atoms with Gasteiger partial charge in [-0.3, -0.25) is 4.79 Å². The van der Waals surface area contributed by atoms with Crippen molar-refractivity contribution in [2.45, 2.75) is 32.2 Å². The molecule has 0 saturated carbocycles. The maximum atomic E-state index is 13.8. The Morgan fingerprint density at radius 2 is 2.15 bits per heavy atom. The molecular weight excluding hydrogens is 375 g/mol. The van der Waals surface area contributed by atoms with Gasteiger partial charge in [-0.2, -0.15) is 0 Å². The largest absolute Gasteiger partial charge is 0.339 e. The van der Waals surface area contributed by atoms with Crippen LogP contribution in [0.25, 0.3) is 10.6 Å². The lowest BCUT2D eigenvalue weighted by atomic mass is 10.1. The number of rotatable bonds is 6. The summed E-state index contributed by atoms with van der Waals surface area (Å²) in [6.45, 7) is 2.36. The Balaban J connectivity index is 1.62. The molecule has 0 aliphatic carbocycles. The summed E-state index contributed by atoms with van der Waals surface area (Å²) in [6.07, 6.45) is 1.24. The highest BCUT2D eigenvalue weighted by atomic mass is 32.2. The molecule has 1 amide bonds. The van der Waals surface area contributed by atoms with Crippen molar-refractivity contribution in [2.24, 2.45) is 0 Å². The van der Waals surface area contributed by atoms with Crippen LogP contribution in [0.5, 0.6) is 0 Å².